The summed E-state index contributed by atoms with van der Waals surface area (Å²) in [5.41, 5.74) is 4.15. The van der Waals surface area contributed by atoms with Crippen LogP contribution >= 0.6 is 11.6 Å². The van der Waals surface area contributed by atoms with Crippen molar-refractivity contribution in [2.45, 2.75) is 12.8 Å². The average molecular weight is 326 g/mol. The molecule has 0 bridgehead atoms. The second kappa shape index (κ2) is 6.72. The van der Waals surface area contributed by atoms with Crippen molar-refractivity contribution in [1.29, 1.82) is 0 Å². The number of urea groups is 1. The zero-order valence-corrected chi connectivity index (χ0v) is 11.9. The molecule has 0 atom stereocenters. The third-order valence-corrected chi connectivity index (χ3v) is 2.47. The third kappa shape index (κ3) is 5.20. The molecule has 1 aromatic heterocycles. The van der Waals surface area contributed by atoms with Gasteiger partial charge in [-0.15, -0.1) is 0 Å². The van der Waals surface area contributed by atoms with Crippen LogP contribution in [0.15, 0.2) is 12.3 Å². The largest absolute Gasteiger partial charge is 0.436 e. The summed E-state index contributed by atoms with van der Waals surface area (Å²) in [6.07, 6.45) is -2.65. The highest BCUT2D eigenvalue weighted by Crippen LogP contribution is 2.31. The van der Waals surface area contributed by atoms with E-state index in [1.807, 2.05) is 0 Å². The average Bonchev–Trinajstić information content (AvgIpc) is 2.33. The number of hydrogen-bond acceptors (Lipinski definition) is 3. The Morgan fingerprint density at radius 2 is 2.19 bits per heavy atom. The first kappa shape index (κ1) is 17.2. The lowest BCUT2D eigenvalue weighted by Crippen LogP contribution is -2.36. The van der Waals surface area contributed by atoms with Gasteiger partial charge in [0.15, 0.2) is 0 Å². The van der Waals surface area contributed by atoms with E-state index in [1.165, 1.54) is 10.9 Å². The van der Waals surface area contributed by atoms with Crippen LogP contribution in [-0.2, 0) is 17.6 Å². The summed E-state index contributed by atoms with van der Waals surface area (Å²) in [5.74, 6) is 0. The van der Waals surface area contributed by atoms with Gasteiger partial charge in [-0.1, -0.05) is 11.6 Å². The van der Waals surface area contributed by atoms with Gasteiger partial charge in [0.2, 0.25) is 0 Å². The zero-order chi connectivity index (χ0) is 16.2. The van der Waals surface area contributed by atoms with Crippen LogP contribution < -0.4 is 5.73 Å². The van der Waals surface area contributed by atoms with Crippen LogP contribution in [0.1, 0.15) is 11.3 Å². The fourth-order valence-corrected chi connectivity index (χ4v) is 1.44. The number of halogens is 4. The molecule has 0 saturated carbocycles. The highest BCUT2D eigenvalue weighted by atomic mass is 35.5. The van der Waals surface area contributed by atoms with E-state index >= 15 is 0 Å². The molecule has 1 rings (SSSR count). The number of nitrogens with zero attached hydrogens (tertiary/aromatic N) is 3. The second-order valence-electron chi connectivity index (χ2n) is 4.17. The molecule has 1 aromatic rings. The number of rotatable bonds is 4. The van der Waals surface area contributed by atoms with Crippen LogP contribution in [0.25, 0.3) is 0 Å². The van der Waals surface area contributed by atoms with E-state index in [4.69, 9.17) is 22.2 Å². The molecule has 0 aliphatic heterocycles. The van der Waals surface area contributed by atoms with Gasteiger partial charge in [-0.2, -0.15) is 18.0 Å². The van der Waals surface area contributed by atoms with Crippen molar-refractivity contribution in [2.24, 2.45) is 5.73 Å². The Morgan fingerprint density at radius 3 is 2.62 bits per heavy atom. The zero-order valence-electron chi connectivity index (χ0n) is 11.2. The fourth-order valence-electron chi connectivity index (χ4n) is 1.22. The van der Waals surface area contributed by atoms with Crippen molar-refractivity contribution in [3.63, 3.8) is 0 Å². The number of hydroxylamine groups is 2. The van der Waals surface area contributed by atoms with Gasteiger partial charge in [0, 0.05) is 6.20 Å². The number of alkyl halides is 3. The van der Waals surface area contributed by atoms with Crippen molar-refractivity contribution in [3.05, 3.63) is 28.5 Å². The highest BCUT2D eigenvalue weighted by Gasteiger charge is 2.31. The van der Waals surface area contributed by atoms with Gasteiger partial charge in [-0.3, -0.25) is 9.56 Å². The first-order chi connectivity index (χ1) is 9.61. The Hall–Kier alpha value is -1.87. The standard InChI is InChI=1S/C11H12ClF3N4O2/c1-18(2)6-19(10(16)20)21-5-9-8(12)3-7(4-17-9)11(13,14)15/h3-4,6H,5H2,1-2H3,(H-,16,20)/p+1. The van der Waals surface area contributed by atoms with Crippen LogP contribution in [0, 0.1) is 0 Å². The van der Waals surface area contributed by atoms with Crippen molar-refractivity contribution in [1.82, 2.24) is 10.0 Å². The van der Waals surface area contributed by atoms with E-state index < -0.39 is 17.8 Å². The minimum atomic E-state index is -4.53. The lowest BCUT2D eigenvalue weighted by molar-refractivity contribution is -0.467. The SMILES string of the molecule is C[N+](C)=CN(OCc1ncc(C(F)(F)F)cc1Cl)C(N)=O. The van der Waals surface area contributed by atoms with Crippen LogP contribution in [0.2, 0.25) is 5.02 Å². The molecule has 6 nitrogen and oxygen atoms in total. The predicted octanol–water partition coefficient (Wildman–Crippen LogP) is 1.87. The van der Waals surface area contributed by atoms with Crippen LogP contribution in [0.5, 0.6) is 0 Å². The smallest absolute Gasteiger partial charge is 0.329 e. The number of carbonyl (C=O) groups excluding carboxylic acids is 1. The van der Waals surface area contributed by atoms with Crippen LogP contribution in [0.3, 0.4) is 0 Å². The first-order valence-electron chi connectivity index (χ1n) is 5.56. The molecule has 0 aromatic carbocycles. The van der Waals surface area contributed by atoms with Crippen molar-refractivity contribution in [2.75, 3.05) is 14.1 Å². The predicted molar refractivity (Wildman–Crippen MR) is 68.6 cm³/mol. The minimum Gasteiger partial charge on any atom is -0.329 e. The fraction of sp³-hybridized carbons (Fsp3) is 0.364. The Morgan fingerprint density at radius 1 is 1.57 bits per heavy atom. The number of carbonyl (C=O) groups is 1. The molecule has 0 aliphatic rings. The van der Waals surface area contributed by atoms with E-state index in [0.717, 1.165) is 11.1 Å². The number of hydrogen-bond donors (Lipinski definition) is 1. The van der Waals surface area contributed by atoms with Gasteiger partial charge in [0.1, 0.15) is 6.61 Å². The number of pyridine rings is 1. The summed E-state index contributed by atoms with van der Waals surface area (Å²) in [7, 11) is 3.26. The van der Waals surface area contributed by atoms with E-state index in [9.17, 15) is 18.0 Å². The van der Waals surface area contributed by atoms with Gasteiger partial charge in [-0.05, 0) is 11.1 Å². The third-order valence-electron chi connectivity index (χ3n) is 2.14. The van der Waals surface area contributed by atoms with Crippen LogP contribution in [-0.4, -0.2) is 41.1 Å². The summed E-state index contributed by atoms with van der Waals surface area (Å²) < 4.78 is 38.9. The van der Waals surface area contributed by atoms with E-state index in [2.05, 4.69) is 4.98 Å². The molecule has 0 aliphatic carbocycles. The molecule has 21 heavy (non-hydrogen) atoms. The van der Waals surface area contributed by atoms with Crippen molar-refractivity contribution in [3.8, 4) is 0 Å². The molecule has 1 heterocycles. The monoisotopic (exact) mass is 325 g/mol. The Balaban J connectivity index is 2.84. The van der Waals surface area contributed by atoms with Gasteiger partial charge < -0.3 is 5.73 Å². The summed E-state index contributed by atoms with van der Waals surface area (Å²) in [4.78, 5) is 19.7. The second-order valence-corrected chi connectivity index (χ2v) is 4.57. The van der Waals surface area contributed by atoms with E-state index in [0.29, 0.717) is 6.20 Å². The molecule has 0 saturated heterocycles. The Labute approximate surface area is 123 Å². The molecule has 10 heteroatoms. The topological polar surface area (TPSA) is 71.5 Å². The molecular weight excluding hydrogens is 313 g/mol. The normalized spacial score (nSPS) is 11.1. The van der Waals surface area contributed by atoms with Crippen molar-refractivity contribution >= 4 is 24.0 Å². The molecule has 0 radical (unpaired) electrons. The molecule has 0 spiro atoms. The molecular formula is C11H13ClF3N4O2+. The Bertz CT molecular complexity index is 559. The first-order valence-corrected chi connectivity index (χ1v) is 5.93. The van der Waals surface area contributed by atoms with Gasteiger partial charge in [0.25, 0.3) is 6.34 Å². The maximum absolute atomic E-state index is 12.5. The number of aromatic nitrogens is 1. The highest BCUT2D eigenvalue weighted by molar-refractivity contribution is 6.31. The minimum absolute atomic E-state index is 0.0445. The number of primary amides is 1. The molecule has 2 N–H and O–H groups in total. The van der Waals surface area contributed by atoms with Gasteiger partial charge in [-0.25, -0.2) is 4.79 Å². The maximum atomic E-state index is 12.5. The molecule has 0 unspecified atom stereocenters. The summed E-state index contributed by atoms with van der Waals surface area (Å²) in [5, 5.41) is 0.495. The summed E-state index contributed by atoms with van der Waals surface area (Å²) in [6.45, 7) is -0.315. The van der Waals surface area contributed by atoms with E-state index in [-0.39, 0.29) is 17.3 Å². The Kier molecular flexibility index (Phi) is 5.50. The maximum Gasteiger partial charge on any atom is 0.436 e. The van der Waals surface area contributed by atoms with Gasteiger partial charge in [0.05, 0.1) is 30.4 Å². The van der Waals surface area contributed by atoms with Crippen molar-refractivity contribution < 1.29 is 27.4 Å². The quantitative estimate of drug-likeness (QED) is 0.397. The molecule has 0 fully saturated rings. The lowest BCUT2D eigenvalue weighted by Gasteiger charge is -2.10. The number of nitrogens with two attached hydrogens (primary N) is 1. The molecule has 116 valence electrons. The summed E-state index contributed by atoms with van der Waals surface area (Å²) in [6, 6.07) is -0.163. The number of amides is 2. The van der Waals surface area contributed by atoms with E-state index in [1.54, 1.807) is 14.1 Å². The summed E-state index contributed by atoms with van der Waals surface area (Å²) >= 11 is 5.71. The van der Waals surface area contributed by atoms with Crippen LogP contribution in [0.4, 0.5) is 18.0 Å². The van der Waals surface area contributed by atoms with Gasteiger partial charge >= 0.3 is 12.2 Å². The lowest BCUT2D eigenvalue weighted by atomic mass is 10.2. The molecule has 2 amide bonds.